The van der Waals surface area contributed by atoms with Crippen LogP contribution >= 0.6 is 11.6 Å². The molecule has 0 saturated heterocycles. The van der Waals surface area contributed by atoms with E-state index in [2.05, 4.69) is 4.98 Å². The number of benzene rings is 2. The van der Waals surface area contributed by atoms with E-state index < -0.39 is 17.5 Å². The highest BCUT2D eigenvalue weighted by Crippen LogP contribution is 2.30. The van der Waals surface area contributed by atoms with Crippen LogP contribution in [0.15, 0.2) is 30.3 Å². The Morgan fingerprint density at radius 1 is 1.15 bits per heavy atom. The zero-order chi connectivity index (χ0) is 14.4. The molecule has 3 nitrogen and oxygen atoms in total. The molecule has 0 aliphatic heterocycles. The summed E-state index contributed by atoms with van der Waals surface area (Å²) in [5.41, 5.74) is 6.04. The van der Waals surface area contributed by atoms with Crippen LogP contribution in [0.5, 0.6) is 0 Å². The van der Waals surface area contributed by atoms with Crippen LogP contribution in [-0.2, 0) is 0 Å². The summed E-state index contributed by atoms with van der Waals surface area (Å²) >= 11 is 5.96. The number of imidazole rings is 1. The van der Waals surface area contributed by atoms with Crippen LogP contribution in [0.2, 0.25) is 5.02 Å². The summed E-state index contributed by atoms with van der Waals surface area (Å²) in [7, 11) is 0. The Bertz CT molecular complexity index is 829. The number of nitrogens with zero attached hydrogens (tertiary/aromatic N) is 2. The van der Waals surface area contributed by atoms with E-state index in [-0.39, 0.29) is 11.6 Å². The molecule has 0 fully saturated rings. The molecule has 3 rings (SSSR count). The highest BCUT2D eigenvalue weighted by atomic mass is 35.5. The molecule has 1 aromatic heterocycles. The van der Waals surface area contributed by atoms with Gasteiger partial charge in [0.2, 0.25) is 5.95 Å². The maximum atomic E-state index is 13.9. The van der Waals surface area contributed by atoms with E-state index in [4.69, 9.17) is 17.3 Å². The van der Waals surface area contributed by atoms with Crippen LogP contribution < -0.4 is 5.73 Å². The Morgan fingerprint density at radius 3 is 2.65 bits per heavy atom. The minimum absolute atomic E-state index is 0.114. The third-order valence-corrected chi connectivity index (χ3v) is 3.18. The van der Waals surface area contributed by atoms with Crippen molar-refractivity contribution in [1.82, 2.24) is 9.55 Å². The fourth-order valence-corrected chi connectivity index (χ4v) is 2.25. The standard InChI is InChI=1S/C13H7ClF3N3/c14-7-2-1-3-9-12(7)19-13(18)20(9)10-5-6(15)4-8(16)11(10)17/h1-5H,(H2,18,19). The lowest BCUT2D eigenvalue weighted by Crippen LogP contribution is -2.05. The smallest absolute Gasteiger partial charge is 0.206 e. The number of para-hydroxylation sites is 1. The van der Waals surface area contributed by atoms with Crippen LogP contribution in [0.3, 0.4) is 0 Å². The van der Waals surface area contributed by atoms with E-state index in [9.17, 15) is 13.2 Å². The van der Waals surface area contributed by atoms with E-state index in [1.807, 2.05) is 0 Å². The largest absolute Gasteiger partial charge is 0.369 e. The van der Waals surface area contributed by atoms with Crippen molar-refractivity contribution in [1.29, 1.82) is 0 Å². The molecule has 0 saturated carbocycles. The van der Waals surface area contributed by atoms with Crippen molar-refractivity contribution in [3.05, 3.63) is 52.8 Å². The number of hydrogen-bond acceptors (Lipinski definition) is 2. The van der Waals surface area contributed by atoms with Crippen molar-refractivity contribution in [2.24, 2.45) is 0 Å². The van der Waals surface area contributed by atoms with Crippen molar-refractivity contribution in [2.45, 2.75) is 0 Å². The zero-order valence-corrected chi connectivity index (χ0v) is 10.6. The number of aromatic nitrogens is 2. The summed E-state index contributed by atoms with van der Waals surface area (Å²) < 4.78 is 41.6. The maximum absolute atomic E-state index is 13.9. The van der Waals surface area contributed by atoms with Gasteiger partial charge in [0.15, 0.2) is 11.6 Å². The summed E-state index contributed by atoms with van der Waals surface area (Å²) in [6, 6.07) is 6.07. The Hall–Kier alpha value is -2.21. The van der Waals surface area contributed by atoms with E-state index >= 15 is 0 Å². The van der Waals surface area contributed by atoms with E-state index in [1.165, 1.54) is 0 Å². The summed E-state index contributed by atoms with van der Waals surface area (Å²) in [5, 5.41) is 0.310. The first-order valence-electron chi connectivity index (χ1n) is 5.56. The minimum Gasteiger partial charge on any atom is -0.369 e. The average Bonchev–Trinajstić information content (AvgIpc) is 2.72. The first kappa shape index (κ1) is 12.8. The number of nitrogen functional groups attached to an aromatic ring is 1. The molecule has 0 radical (unpaired) electrons. The number of rotatable bonds is 1. The van der Waals surface area contributed by atoms with Crippen molar-refractivity contribution >= 4 is 28.6 Å². The van der Waals surface area contributed by atoms with E-state index in [1.54, 1.807) is 18.2 Å². The second-order valence-corrected chi connectivity index (χ2v) is 4.54. The fraction of sp³-hybridized carbons (Fsp3) is 0. The molecule has 102 valence electrons. The van der Waals surface area contributed by atoms with Gasteiger partial charge in [-0.3, -0.25) is 4.57 Å². The average molecular weight is 298 g/mol. The van der Waals surface area contributed by atoms with Gasteiger partial charge < -0.3 is 5.73 Å². The van der Waals surface area contributed by atoms with E-state index in [0.29, 0.717) is 22.1 Å². The lowest BCUT2D eigenvalue weighted by Gasteiger charge is -2.08. The van der Waals surface area contributed by atoms with Gasteiger partial charge in [0.25, 0.3) is 0 Å². The van der Waals surface area contributed by atoms with Gasteiger partial charge in [-0.05, 0) is 12.1 Å². The third kappa shape index (κ3) is 1.80. The third-order valence-electron chi connectivity index (χ3n) is 2.88. The molecule has 0 aliphatic rings. The minimum atomic E-state index is -1.30. The van der Waals surface area contributed by atoms with Crippen LogP contribution in [0.25, 0.3) is 16.7 Å². The molecule has 0 atom stereocenters. The van der Waals surface area contributed by atoms with Crippen molar-refractivity contribution in [3.8, 4) is 5.69 Å². The SMILES string of the molecule is Nc1nc2c(Cl)cccc2n1-c1cc(F)cc(F)c1F. The Labute approximate surface area is 116 Å². The molecular weight excluding hydrogens is 291 g/mol. The van der Waals surface area contributed by atoms with Crippen LogP contribution in [0, 0.1) is 17.5 Å². The molecule has 0 aliphatic carbocycles. The molecule has 0 bridgehead atoms. The van der Waals surface area contributed by atoms with Gasteiger partial charge in [0.05, 0.1) is 16.2 Å². The van der Waals surface area contributed by atoms with Crippen molar-refractivity contribution in [2.75, 3.05) is 5.73 Å². The number of hydrogen-bond donors (Lipinski definition) is 1. The first-order valence-corrected chi connectivity index (χ1v) is 5.94. The molecule has 2 aromatic carbocycles. The molecule has 7 heteroatoms. The van der Waals surface area contributed by atoms with Crippen molar-refractivity contribution < 1.29 is 13.2 Å². The highest BCUT2D eigenvalue weighted by Gasteiger charge is 2.18. The lowest BCUT2D eigenvalue weighted by atomic mass is 10.2. The van der Waals surface area contributed by atoms with Gasteiger partial charge in [0, 0.05) is 12.1 Å². The molecule has 1 heterocycles. The Morgan fingerprint density at radius 2 is 1.90 bits per heavy atom. The van der Waals surface area contributed by atoms with Gasteiger partial charge in [-0.2, -0.15) is 0 Å². The highest BCUT2D eigenvalue weighted by molar-refractivity contribution is 6.35. The van der Waals surface area contributed by atoms with Crippen molar-refractivity contribution in [3.63, 3.8) is 0 Å². The molecule has 0 unspecified atom stereocenters. The number of anilines is 1. The van der Waals surface area contributed by atoms with Crippen LogP contribution in [0.4, 0.5) is 19.1 Å². The second-order valence-electron chi connectivity index (χ2n) is 4.13. The molecule has 2 N–H and O–H groups in total. The Kier molecular flexibility index (Phi) is 2.83. The van der Waals surface area contributed by atoms with Gasteiger partial charge in [-0.15, -0.1) is 0 Å². The predicted octanol–water partition coefficient (Wildman–Crippen LogP) is 3.68. The molecule has 3 aromatic rings. The zero-order valence-electron chi connectivity index (χ0n) is 9.87. The summed E-state index contributed by atoms with van der Waals surface area (Å²) in [6.07, 6.45) is 0. The van der Waals surface area contributed by atoms with Gasteiger partial charge >= 0.3 is 0 Å². The maximum Gasteiger partial charge on any atom is 0.206 e. The van der Waals surface area contributed by atoms with Gasteiger partial charge in [-0.25, -0.2) is 18.2 Å². The van der Waals surface area contributed by atoms with Gasteiger partial charge in [-0.1, -0.05) is 17.7 Å². The normalized spacial score (nSPS) is 11.2. The predicted molar refractivity (Wildman–Crippen MR) is 70.4 cm³/mol. The summed E-state index contributed by atoms with van der Waals surface area (Å²) in [5.74, 6) is -3.54. The number of fused-ring (bicyclic) bond motifs is 1. The van der Waals surface area contributed by atoms with Crippen LogP contribution in [0.1, 0.15) is 0 Å². The quantitative estimate of drug-likeness (QED) is 0.696. The van der Waals surface area contributed by atoms with E-state index in [0.717, 1.165) is 10.6 Å². The first-order chi connectivity index (χ1) is 9.49. The summed E-state index contributed by atoms with van der Waals surface area (Å²) in [4.78, 5) is 3.99. The lowest BCUT2D eigenvalue weighted by molar-refractivity contribution is 0.491. The Balaban J connectivity index is 2.41. The van der Waals surface area contributed by atoms with Crippen LogP contribution in [-0.4, -0.2) is 9.55 Å². The van der Waals surface area contributed by atoms with Gasteiger partial charge in [0.1, 0.15) is 11.3 Å². The molecular formula is C13H7ClF3N3. The second kappa shape index (κ2) is 4.42. The number of halogens is 4. The topological polar surface area (TPSA) is 43.8 Å². The molecule has 0 amide bonds. The molecule has 20 heavy (non-hydrogen) atoms. The molecule has 0 spiro atoms. The fourth-order valence-electron chi connectivity index (χ4n) is 2.04. The monoisotopic (exact) mass is 297 g/mol. The summed E-state index contributed by atoms with van der Waals surface area (Å²) in [6.45, 7) is 0. The number of nitrogens with two attached hydrogens (primary N) is 1.